The zero-order valence-electron chi connectivity index (χ0n) is 10.5. The Kier molecular flexibility index (Phi) is 3.87. The van der Waals surface area contributed by atoms with Crippen molar-refractivity contribution in [3.05, 3.63) is 0 Å². The number of hydrogen-bond donors (Lipinski definition) is 1. The Bertz CT molecular complexity index is 236. The third kappa shape index (κ3) is 3.38. The molecule has 0 aromatic rings. The van der Waals surface area contributed by atoms with Gasteiger partial charge in [0.05, 0.1) is 5.60 Å². The van der Waals surface area contributed by atoms with E-state index in [1.54, 1.807) is 0 Å². The third-order valence-electron chi connectivity index (χ3n) is 3.68. The fourth-order valence-electron chi connectivity index (χ4n) is 3.13. The summed E-state index contributed by atoms with van der Waals surface area (Å²) in [4.78, 5) is 0. The minimum atomic E-state index is -0.422. The van der Waals surface area contributed by atoms with Crippen LogP contribution in [0.2, 0.25) is 0 Å². The van der Waals surface area contributed by atoms with Gasteiger partial charge in [0, 0.05) is 19.0 Å². The molecular weight excluding hydrogens is 220 g/mol. The highest BCUT2D eigenvalue weighted by molar-refractivity contribution is 7.99. The first-order chi connectivity index (χ1) is 7.49. The van der Waals surface area contributed by atoms with Crippen LogP contribution in [0.15, 0.2) is 0 Å². The summed E-state index contributed by atoms with van der Waals surface area (Å²) in [5.41, 5.74) is -0.128. The quantitative estimate of drug-likeness (QED) is 0.810. The lowest BCUT2D eigenvalue weighted by Crippen LogP contribution is -2.44. The average Bonchev–Trinajstić information content (AvgIpc) is 2.16. The van der Waals surface area contributed by atoms with Gasteiger partial charge in [0.2, 0.25) is 0 Å². The number of aliphatic hydroxyl groups is 1. The molecule has 2 saturated heterocycles. The summed E-state index contributed by atoms with van der Waals surface area (Å²) in [7, 11) is 0. The van der Waals surface area contributed by atoms with Crippen LogP contribution in [0.4, 0.5) is 0 Å². The van der Waals surface area contributed by atoms with Crippen molar-refractivity contribution in [3.63, 3.8) is 0 Å². The Morgan fingerprint density at radius 1 is 1.25 bits per heavy atom. The predicted molar refractivity (Wildman–Crippen MR) is 68.8 cm³/mol. The highest BCUT2D eigenvalue weighted by Crippen LogP contribution is 2.42. The summed E-state index contributed by atoms with van der Waals surface area (Å²) in [6.07, 6.45) is 4.21. The minimum Gasteiger partial charge on any atom is -0.389 e. The summed E-state index contributed by atoms with van der Waals surface area (Å²) in [5.74, 6) is 2.78. The van der Waals surface area contributed by atoms with Crippen LogP contribution in [-0.4, -0.2) is 35.4 Å². The van der Waals surface area contributed by atoms with Gasteiger partial charge in [0.15, 0.2) is 0 Å². The first-order valence-electron chi connectivity index (χ1n) is 6.37. The molecule has 3 heteroatoms. The van der Waals surface area contributed by atoms with Crippen molar-refractivity contribution in [3.8, 4) is 0 Å². The van der Waals surface area contributed by atoms with E-state index in [1.165, 1.54) is 5.75 Å². The van der Waals surface area contributed by atoms with Crippen LogP contribution < -0.4 is 0 Å². The Hall–Kier alpha value is 0.270. The van der Waals surface area contributed by atoms with E-state index in [0.29, 0.717) is 11.3 Å². The number of ether oxygens (including phenoxy) is 1. The molecule has 2 fully saturated rings. The maximum absolute atomic E-state index is 10.7. The molecule has 0 spiro atoms. The van der Waals surface area contributed by atoms with Crippen LogP contribution in [0.3, 0.4) is 0 Å². The second kappa shape index (κ2) is 4.87. The zero-order chi connectivity index (χ0) is 11.6. The van der Waals surface area contributed by atoms with E-state index in [-0.39, 0.29) is 0 Å². The van der Waals surface area contributed by atoms with E-state index in [2.05, 4.69) is 13.8 Å². The average molecular weight is 244 g/mol. The Morgan fingerprint density at radius 2 is 1.94 bits per heavy atom. The smallest absolute Gasteiger partial charge is 0.0745 e. The van der Waals surface area contributed by atoms with Crippen molar-refractivity contribution in [2.45, 2.75) is 45.1 Å². The zero-order valence-corrected chi connectivity index (χ0v) is 11.3. The predicted octanol–water partition coefficient (Wildman–Crippen LogP) is 2.70. The molecule has 0 saturated carbocycles. The van der Waals surface area contributed by atoms with E-state index in [4.69, 9.17) is 4.74 Å². The van der Waals surface area contributed by atoms with Crippen molar-refractivity contribution in [1.29, 1.82) is 0 Å². The van der Waals surface area contributed by atoms with Gasteiger partial charge in [-0.1, -0.05) is 13.8 Å². The molecule has 0 radical (unpaired) electrons. The Labute approximate surface area is 103 Å². The van der Waals surface area contributed by atoms with Gasteiger partial charge in [-0.2, -0.15) is 11.8 Å². The molecule has 94 valence electrons. The second-order valence-corrected chi connectivity index (χ2v) is 7.30. The fraction of sp³-hybridized carbons (Fsp3) is 1.00. The molecular formula is C13H24O2S. The largest absolute Gasteiger partial charge is 0.389 e. The van der Waals surface area contributed by atoms with Crippen molar-refractivity contribution < 1.29 is 9.84 Å². The molecule has 1 unspecified atom stereocenters. The molecule has 2 aliphatic rings. The molecule has 16 heavy (non-hydrogen) atoms. The number of hydrogen-bond acceptors (Lipinski definition) is 3. The van der Waals surface area contributed by atoms with Gasteiger partial charge >= 0.3 is 0 Å². The van der Waals surface area contributed by atoms with Crippen molar-refractivity contribution in [1.82, 2.24) is 0 Å². The molecule has 0 bridgehead atoms. The molecule has 0 aromatic heterocycles. The molecule has 2 heterocycles. The third-order valence-corrected chi connectivity index (χ3v) is 5.41. The molecule has 0 aliphatic carbocycles. The van der Waals surface area contributed by atoms with E-state index in [9.17, 15) is 5.11 Å². The molecule has 0 amide bonds. The SMILES string of the molecule is CC1(C)CSCC(O)(CC2CCOCC2)C1. The van der Waals surface area contributed by atoms with E-state index >= 15 is 0 Å². The molecule has 2 aliphatic heterocycles. The van der Waals surface area contributed by atoms with Crippen LogP contribution in [0.5, 0.6) is 0 Å². The minimum absolute atomic E-state index is 0.294. The summed E-state index contributed by atoms with van der Waals surface area (Å²) < 4.78 is 5.38. The van der Waals surface area contributed by atoms with Gasteiger partial charge in [-0.15, -0.1) is 0 Å². The summed E-state index contributed by atoms with van der Waals surface area (Å²) in [6, 6.07) is 0. The van der Waals surface area contributed by atoms with E-state index < -0.39 is 5.60 Å². The van der Waals surface area contributed by atoms with Crippen LogP contribution in [0.1, 0.15) is 39.5 Å². The topological polar surface area (TPSA) is 29.5 Å². The first-order valence-corrected chi connectivity index (χ1v) is 7.53. The van der Waals surface area contributed by atoms with Crippen molar-refractivity contribution >= 4 is 11.8 Å². The van der Waals surface area contributed by atoms with Gasteiger partial charge in [-0.25, -0.2) is 0 Å². The van der Waals surface area contributed by atoms with Crippen LogP contribution in [0, 0.1) is 11.3 Å². The maximum Gasteiger partial charge on any atom is 0.0745 e. The van der Waals surface area contributed by atoms with Crippen LogP contribution in [0.25, 0.3) is 0 Å². The molecule has 1 atom stereocenters. The van der Waals surface area contributed by atoms with Gasteiger partial charge in [0.25, 0.3) is 0 Å². The first kappa shape index (κ1) is 12.7. The van der Waals surface area contributed by atoms with E-state index in [1.807, 2.05) is 11.8 Å². The summed E-state index contributed by atoms with van der Waals surface area (Å²) >= 11 is 1.92. The van der Waals surface area contributed by atoms with Crippen molar-refractivity contribution in [2.75, 3.05) is 24.7 Å². The van der Waals surface area contributed by atoms with E-state index in [0.717, 1.165) is 44.6 Å². The monoisotopic (exact) mass is 244 g/mol. The molecule has 2 rings (SSSR count). The Balaban J connectivity index is 1.90. The van der Waals surface area contributed by atoms with Gasteiger partial charge in [-0.3, -0.25) is 0 Å². The molecule has 0 aromatic carbocycles. The van der Waals surface area contributed by atoms with Gasteiger partial charge in [0.1, 0.15) is 0 Å². The van der Waals surface area contributed by atoms with Crippen LogP contribution in [-0.2, 0) is 4.74 Å². The summed E-state index contributed by atoms with van der Waals surface area (Å²) in [5, 5.41) is 10.7. The fourth-order valence-corrected chi connectivity index (χ4v) is 4.49. The molecule has 1 N–H and O–H groups in total. The normalized spacial score (nSPS) is 36.2. The Morgan fingerprint density at radius 3 is 2.56 bits per heavy atom. The van der Waals surface area contributed by atoms with Gasteiger partial charge in [-0.05, 0) is 42.8 Å². The van der Waals surface area contributed by atoms with Crippen LogP contribution >= 0.6 is 11.8 Å². The highest BCUT2D eigenvalue weighted by atomic mass is 32.2. The number of thioether (sulfide) groups is 1. The lowest BCUT2D eigenvalue weighted by atomic mass is 9.76. The lowest BCUT2D eigenvalue weighted by molar-refractivity contribution is -0.0229. The lowest BCUT2D eigenvalue weighted by Gasteiger charge is -2.43. The molecule has 2 nitrogen and oxygen atoms in total. The number of rotatable bonds is 2. The van der Waals surface area contributed by atoms with Crippen molar-refractivity contribution in [2.24, 2.45) is 11.3 Å². The maximum atomic E-state index is 10.7. The standard InChI is InChI=1S/C13H24O2S/c1-12(2)8-13(14,10-16-9-12)7-11-3-5-15-6-4-11/h11,14H,3-10H2,1-2H3. The second-order valence-electron chi connectivity index (χ2n) is 6.32. The van der Waals surface area contributed by atoms with Gasteiger partial charge < -0.3 is 9.84 Å². The highest BCUT2D eigenvalue weighted by Gasteiger charge is 2.40. The summed E-state index contributed by atoms with van der Waals surface area (Å²) in [6.45, 7) is 6.32.